The van der Waals surface area contributed by atoms with E-state index in [-0.39, 0.29) is 23.0 Å². The van der Waals surface area contributed by atoms with Gasteiger partial charge in [0.15, 0.2) is 0 Å². The summed E-state index contributed by atoms with van der Waals surface area (Å²) in [6, 6.07) is 16.2. The standard InChI is InChI=1S/C14H16ClN3O2.C13H12Cl2FN3O/c1-19-11-5-3-10(4-6-11)7-8-16-13-9-12(15)17-14(18-13)20-2;1-20-13-18-11(15)7-12(19-13)17-6-5-8-9(14)3-2-4-10(8)16/h3-6,9H,7-8H2,1-2H3,(H,16,17,18);2-4,7H,5-6H2,1H3,(H,17,18,19). The Balaban J connectivity index is 0.000000220. The minimum Gasteiger partial charge on any atom is -0.497 e. The van der Waals surface area contributed by atoms with E-state index in [4.69, 9.17) is 49.0 Å². The number of aromatic nitrogens is 4. The fourth-order valence-electron chi connectivity index (χ4n) is 3.37. The summed E-state index contributed by atoms with van der Waals surface area (Å²) in [6.07, 6.45) is 1.30. The van der Waals surface area contributed by atoms with Crippen LogP contribution in [0.3, 0.4) is 0 Å². The van der Waals surface area contributed by atoms with E-state index in [1.807, 2.05) is 24.3 Å². The first-order valence-electron chi connectivity index (χ1n) is 12.0. The van der Waals surface area contributed by atoms with Crippen molar-refractivity contribution in [2.24, 2.45) is 0 Å². The van der Waals surface area contributed by atoms with Gasteiger partial charge >= 0.3 is 12.0 Å². The molecule has 0 atom stereocenters. The molecule has 0 unspecified atom stereocenters. The van der Waals surface area contributed by atoms with E-state index in [2.05, 4.69) is 30.6 Å². The van der Waals surface area contributed by atoms with Crippen molar-refractivity contribution >= 4 is 46.4 Å². The first-order valence-corrected chi connectivity index (χ1v) is 13.2. The Bertz CT molecular complexity index is 1360. The number of hydrogen-bond acceptors (Lipinski definition) is 9. The minimum atomic E-state index is -0.322. The van der Waals surface area contributed by atoms with Crippen LogP contribution in [0.1, 0.15) is 11.1 Å². The molecule has 0 bridgehead atoms. The molecule has 2 N–H and O–H groups in total. The Morgan fingerprint density at radius 1 is 0.700 bits per heavy atom. The summed E-state index contributed by atoms with van der Waals surface area (Å²) in [5.74, 6) is 1.69. The topological polar surface area (TPSA) is 103 Å². The summed E-state index contributed by atoms with van der Waals surface area (Å²) in [5, 5.41) is 7.24. The van der Waals surface area contributed by atoms with Gasteiger partial charge in [-0.1, -0.05) is 53.0 Å². The number of halogens is 4. The summed E-state index contributed by atoms with van der Waals surface area (Å²) in [7, 11) is 4.62. The number of nitrogens with zero attached hydrogens (tertiary/aromatic N) is 4. The molecule has 13 heteroatoms. The highest BCUT2D eigenvalue weighted by Gasteiger charge is 2.08. The molecule has 2 aromatic carbocycles. The molecule has 0 aliphatic rings. The van der Waals surface area contributed by atoms with Crippen LogP contribution in [0.2, 0.25) is 15.3 Å². The quantitative estimate of drug-likeness (QED) is 0.187. The first-order chi connectivity index (χ1) is 19.3. The molecular weight excluding hydrogens is 582 g/mol. The third-order valence-corrected chi connectivity index (χ3v) is 6.08. The average molecular weight is 610 g/mol. The largest absolute Gasteiger partial charge is 0.497 e. The fourth-order valence-corrected chi connectivity index (χ4v) is 3.98. The molecular formula is C27H28Cl3FN6O3. The molecule has 4 rings (SSSR count). The first kappa shape index (κ1) is 30.9. The van der Waals surface area contributed by atoms with E-state index in [9.17, 15) is 4.39 Å². The van der Waals surface area contributed by atoms with Crippen molar-refractivity contribution < 1.29 is 18.6 Å². The van der Waals surface area contributed by atoms with Crippen molar-refractivity contribution in [3.63, 3.8) is 0 Å². The van der Waals surface area contributed by atoms with Crippen molar-refractivity contribution in [3.8, 4) is 17.8 Å². The molecule has 212 valence electrons. The van der Waals surface area contributed by atoms with E-state index in [0.717, 1.165) is 18.7 Å². The Kier molecular flexibility index (Phi) is 12.3. The van der Waals surface area contributed by atoms with E-state index in [1.165, 1.54) is 25.8 Å². The molecule has 2 aromatic heterocycles. The molecule has 2 heterocycles. The van der Waals surface area contributed by atoms with E-state index in [0.29, 0.717) is 40.3 Å². The maximum Gasteiger partial charge on any atom is 0.319 e. The molecule has 40 heavy (non-hydrogen) atoms. The average Bonchev–Trinajstić information content (AvgIpc) is 2.94. The van der Waals surface area contributed by atoms with Gasteiger partial charge in [0, 0.05) is 35.8 Å². The van der Waals surface area contributed by atoms with Crippen molar-refractivity contribution in [1.29, 1.82) is 0 Å². The number of hydrogen-bond donors (Lipinski definition) is 2. The third-order valence-electron chi connectivity index (χ3n) is 5.34. The maximum atomic E-state index is 13.6. The van der Waals surface area contributed by atoms with Crippen LogP contribution < -0.4 is 24.8 Å². The zero-order valence-electron chi connectivity index (χ0n) is 22.1. The van der Waals surface area contributed by atoms with Gasteiger partial charge in [-0.25, -0.2) is 4.39 Å². The molecule has 4 aromatic rings. The van der Waals surface area contributed by atoms with Crippen molar-refractivity contribution in [1.82, 2.24) is 19.9 Å². The molecule has 0 saturated carbocycles. The van der Waals surface area contributed by atoms with Crippen LogP contribution in [-0.4, -0.2) is 54.4 Å². The second-order valence-electron chi connectivity index (χ2n) is 8.03. The fraction of sp³-hybridized carbons (Fsp3) is 0.259. The lowest BCUT2D eigenvalue weighted by Gasteiger charge is -2.09. The van der Waals surface area contributed by atoms with E-state index >= 15 is 0 Å². The predicted octanol–water partition coefficient (Wildman–Crippen LogP) is 6.39. The van der Waals surface area contributed by atoms with Crippen LogP contribution in [0, 0.1) is 5.82 Å². The Labute approximate surface area is 247 Å². The summed E-state index contributed by atoms with van der Waals surface area (Å²) >= 11 is 17.6. The van der Waals surface area contributed by atoms with Gasteiger partial charge in [-0.2, -0.15) is 19.9 Å². The highest BCUT2D eigenvalue weighted by Crippen LogP contribution is 2.20. The number of benzene rings is 2. The predicted molar refractivity (Wildman–Crippen MR) is 156 cm³/mol. The van der Waals surface area contributed by atoms with Gasteiger partial charge in [0.05, 0.1) is 21.3 Å². The van der Waals surface area contributed by atoms with Crippen molar-refractivity contribution in [2.75, 3.05) is 45.1 Å². The maximum absolute atomic E-state index is 13.6. The zero-order valence-corrected chi connectivity index (χ0v) is 24.3. The molecule has 0 fully saturated rings. The van der Waals surface area contributed by atoms with Gasteiger partial charge in [0.25, 0.3) is 0 Å². The second kappa shape index (κ2) is 15.9. The summed E-state index contributed by atoms with van der Waals surface area (Å²) in [4.78, 5) is 16.0. The highest BCUT2D eigenvalue weighted by molar-refractivity contribution is 6.31. The number of nitrogens with one attached hydrogen (secondary N) is 2. The third kappa shape index (κ3) is 9.86. The lowest BCUT2D eigenvalue weighted by Crippen LogP contribution is -2.08. The van der Waals surface area contributed by atoms with Gasteiger partial charge in [0.2, 0.25) is 0 Å². The van der Waals surface area contributed by atoms with E-state index < -0.39 is 0 Å². The SMILES string of the molecule is COc1ccc(CCNc2cc(Cl)nc(OC)n2)cc1.COc1nc(Cl)cc(NCCc2c(F)cccc2Cl)n1. The molecule has 0 aliphatic carbocycles. The molecule has 0 aliphatic heterocycles. The van der Waals surface area contributed by atoms with Crippen LogP contribution in [0.25, 0.3) is 0 Å². The van der Waals surface area contributed by atoms with Gasteiger partial charge in [-0.3, -0.25) is 0 Å². The number of ether oxygens (including phenoxy) is 3. The molecule has 0 radical (unpaired) electrons. The summed E-state index contributed by atoms with van der Waals surface area (Å²) in [6.45, 7) is 1.19. The smallest absolute Gasteiger partial charge is 0.319 e. The van der Waals surface area contributed by atoms with E-state index in [1.54, 1.807) is 31.4 Å². The minimum absolute atomic E-state index is 0.170. The van der Waals surface area contributed by atoms with Crippen LogP contribution in [0.4, 0.5) is 16.0 Å². The van der Waals surface area contributed by atoms with Gasteiger partial charge in [-0.05, 0) is 42.7 Å². The van der Waals surface area contributed by atoms with Crippen LogP contribution >= 0.6 is 34.8 Å². The van der Waals surface area contributed by atoms with Gasteiger partial charge in [-0.15, -0.1) is 0 Å². The lowest BCUT2D eigenvalue weighted by molar-refractivity contribution is 0.380. The second-order valence-corrected chi connectivity index (χ2v) is 9.21. The van der Waals surface area contributed by atoms with Gasteiger partial charge < -0.3 is 24.8 Å². The van der Waals surface area contributed by atoms with Gasteiger partial charge in [0.1, 0.15) is 33.5 Å². The highest BCUT2D eigenvalue weighted by atomic mass is 35.5. The zero-order chi connectivity index (χ0) is 28.9. The molecule has 0 amide bonds. The lowest BCUT2D eigenvalue weighted by atomic mass is 10.1. The Morgan fingerprint density at radius 2 is 1.25 bits per heavy atom. The normalized spacial score (nSPS) is 10.3. The van der Waals surface area contributed by atoms with Crippen molar-refractivity contribution in [2.45, 2.75) is 12.8 Å². The molecule has 0 spiro atoms. The monoisotopic (exact) mass is 608 g/mol. The number of rotatable bonds is 11. The summed E-state index contributed by atoms with van der Waals surface area (Å²) < 4.78 is 28.6. The van der Waals surface area contributed by atoms with Crippen LogP contribution in [-0.2, 0) is 12.8 Å². The molecule has 9 nitrogen and oxygen atoms in total. The van der Waals surface area contributed by atoms with Crippen molar-refractivity contribution in [3.05, 3.63) is 86.9 Å². The molecule has 0 saturated heterocycles. The number of anilines is 2. The summed E-state index contributed by atoms with van der Waals surface area (Å²) in [5.41, 5.74) is 1.68. The van der Waals surface area contributed by atoms with Crippen LogP contribution in [0.15, 0.2) is 54.6 Å². The Hall–Kier alpha value is -3.60. The Morgan fingerprint density at radius 3 is 1.75 bits per heavy atom. The number of methoxy groups -OCH3 is 3. The van der Waals surface area contributed by atoms with Crippen LogP contribution in [0.5, 0.6) is 17.8 Å².